The van der Waals surface area contributed by atoms with E-state index in [-0.39, 0.29) is 11.6 Å². The maximum absolute atomic E-state index is 9.59. The van der Waals surface area contributed by atoms with Crippen LogP contribution in [0.25, 0.3) is 0 Å². The second-order valence-electron chi connectivity index (χ2n) is 3.45. The van der Waals surface area contributed by atoms with Crippen LogP contribution in [-0.2, 0) is 0 Å². The monoisotopic (exact) mass is 228 g/mol. The standard InChI is InChI=1S/C13H12N2O2/c16-12-8-4-3-7-11(12)9-14-15-13(17)10-5-1-2-6-10/h1-9,15-17H/b14-9+. The van der Waals surface area contributed by atoms with Crippen molar-refractivity contribution in [3.63, 3.8) is 0 Å². The number of hydrogen-bond acceptors (Lipinski definition) is 4. The zero-order chi connectivity index (χ0) is 12.1. The highest BCUT2D eigenvalue weighted by Gasteiger charge is 2.00. The molecule has 0 heterocycles. The summed E-state index contributed by atoms with van der Waals surface area (Å²) in [5.41, 5.74) is 3.74. The first kappa shape index (κ1) is 11.0. The lowest BCUT2D eigenvalue weighted by Crippen LogP contribution is -2.06. The van der Waals surface area contributed by atoms with Gasteiger partial charge in [0, 0.05) is 11.1 Å². The fourth-order valence-electron chi connectivity index (χ4n) is 1.36. The van der Waals surface area contributed by atoms with Crippen molar-refractivity contribution in [1.82, 2.24) is 5.43 Å². The molecule has 0 unspecified atom stereocenters. The quantitative estimate of drug-likeness (QED) is 0.422. The SMILES string of the molecule is OC(N/N=C/c1ccccc1O)=C1C=CC=C1. The second kappa shape index (κ2) is 5.03. The number of aliphatic hydroxyl groups excluding tert-OH is 1. The number of para-hydroxylation sites is 1. The molecule has 0 fully saturated rings. The Morgan fingerprint density at radius 2 is 1.88 bits per heavy atom. The van der Waals surface area contributed by atoms with Gasteiger partial charge in [0.1, 0.15) is 5.75 Å². The molecule has 4 nitrogen and oxygen atoms in total. The van der Waals surface area contributed by atoms with Crippen LogP contribution in [0.1, 0.15) is 5.56 Å². The fourth-order valence-corrected chi connectivity index (χ4v) is 1.36. The zero-order valence-corrected chi connectivity index (χ0v) is 9.04. The first-order valence-electron chi connectivity index (χ1n) is 5.12. The number of nitrogens with zero attached hydrogens (tertiary/aromatic N) is 1. The van der Waals surface area contributed by atoms with Gasteiger partial charge in [-0.3, -0.25) is 0 Å². The summed E-state index contributed by atoms with van der Waals surface area (Å²) in [6, 6.07) is 6.82. The lowest BCUT2D eigenvalue weighted by molar-refractivity contribution is 0.365. The molecule has 1 aliphatic carbocycles. The summed E-state index contributed by atoms with van der Waals surface area (Å²) in [5.74, 6) is 0.118. The Morgan fingerprint density at radius 3 is 2.59 bits per heavy atom. The van der Waals surface area contributed by atoms with Crippen LogP contribution < -0.4 is 5.43 Å². The van der Waals surface area contributed by atoms with E-state index in [9.17, 15) is 10.2 Å². The first-order chi connectivity index (χ1) is 8.27. The van der Waals surface area contributed by atoms with E-state index in [1.807, 2.05) is 12.2 Å². The molecule has 1 aromatic rings. The molecule has 0 aliphatic heterocycles. The third-order valence-corrected chi connectivity index (χ3v) is 2.25. The summed E-state index contributed by atoms with van der Waals surface area (Å²) in [4.78, 5) is 0. The van der Waals surface area contributed by atoms with Gasteiger partial charge in [-0.25, -0.2) is 5.43 Å². The Labute approximate surface area is 98.9 Å². The van der Waals surface area contributed by atoms with Gasteiger partial charge in [-0.15, -0.1) is 0 Å². The number of rotatable bonds is 3. The van der Waals surface area contributed by atoms with Crippen LogP contribution in [0.2, 0.25) is 0 Å². The van der Waals surface area contributed by atoms with Gasteiger partial charge in [-0.05, 0) is 24.3 Å². The first-order valence-corrected chi connectivity index (χ1v) is 5.12. The molecule has 0 saturated carbocycles. The molecule has 4 heteroatoms. The third kappa shape index (κ3) is 2.75. The van der Waals surface area contributed by atoms with Crippen molar-refractivity contribution in [2.75, 3.05) is 0 Å². The van der Waals surface area contributed by atoms with Crippen LogP contribution in [0.15, 0.2) is 65.1 Å². The molecule has 1 aliphatic rings. The highest BCUT2D eigenvalue weighted by molar-refractivity contribution is 5.83. The average molecular weight is 228 g/mol. The fraction of sp³-hybridized carbons (Fsp3) is 0. The van der Waals surface area contributed by atoms with Gasteiger partial charge in [0.25, 0.3) is 0 Å². The Kier molecular flexibility index (Phi) is 3.25. The summed E-state index contributed by atoms with van der Waals surface area (Å²) < 4.78 is 0. The summed E-state index contributed by atoms with van der Waals surface area (Å²) in [5, 5.41) is 22.9. The van der Waals surface area contributed by atoms with Crippen molar-refractivity contribution in [2.24, 2.45) is 5.10 Å². The molecule has 3 N–H and O–H groups in total. The normalized spacial score (nSPS) is 13.5. The van der Waals surface area contributed by atoms with Crippen LogP contribution in [0.3, 0.4) is 0 Å². The number of benzene rings is 1. The van der Waals surface area contributed by atoms with Crippen LogP contribution in [-0.4, -0.2) is 16.4 Å². The van der Waals surface area contributed by atoms with Gasteiger partial charge in [0.15, 0.2) is 0 Å². The van der Waals surface area contributed by atoms with Crippen molar-refractivity contribution in [2.45, 2.75) is 0 Å². The molecular formula is C13H12N2O2. The Hall–Kier alpha value is -2.49. The van der Waals surface area contributed by atoms with E-state index in [0.717, 1.165) is 0 Å². The summed E-state index contributed by atoms with van der Waals surface area (Å²) in [6.45, 7) is 0. The number of aliphatic hydroxyl groups is 1. The summed E-state index contributed by atoms with van der Waals surface area (Å²) in [6.07, 6.45) is 8.60. The minimum atomic E-state index is -0.0262. The van der Waals surface area contributed by atoms with Gasteiger partial charge >= 0.3 is 0 Å². The highest BCUT2D eigenvalue weighted by Crippen LogP contribution is 2.13. The second-order valence-corrected chi connectivity index (χ2v) is 3.45. The molecule has 2 rings (SSSR count). The minimum Gasteiger partial charge on any atom is -0.507 e. The van der Waals surface area contributed by atoms with Crippen molar-refractivity contribution >= 4 is 6.21 Å². The van der Waals surface area contributed by atoms with Crippen LogP contribution in [0.5, 0.6) is 5.75 Å². The number of aromatic hydroxyl groups is 1. The van der Waals surface area contributed by atoms with Gasteiger partial charge in [0.2, 0.25) is 5.88 Å². The van der Waals surface area contributed by atoms with Gasteiger partial charge in [0.05, 0.1) is 6.21 Å². The number of nitrogens with one attached hydrogen (secondary N) is 1. The number of allylic oxidation sites excluding steroid dienone is 5. The Bertz CT molecular complexity index is 514. The summed E-state index contributed by atoms with van der Waals surface area (Å²) >= 11 is 0. The largest absolute Gasteiger partial charge is 0.507 e. The van der Waals surface area contributed by atoms with Gasteiger partial charge < -0.3 is 10.2 Å². The molecule has 1 aromatic carbocycles. The topological polar surface area (TPSA) is 64.8 Å². The lowest BCUT2D eigenvalue weighted by Gasteiger charge is -2.01. The van der Waals surface area contributed by atoms with Crippen molar-refractivity contribution in [3.8, 4) is 5.75 Å². The van der Waals surface area contributed by atoms with Crippen molar-refractivity contribution < 1.29 is 10.2 Å². The Morgan fingerprint density at radius 1 is 1.18 bits per heavy atom. The molecule has 86 valence electrons. The lowest BCUT2D eigenvalue weighted by atomic mass is 10.2. The molecule has 0 bridgehead atoms. The van der Waals surface area contributed by atoms with Crippen LogP contribution in [0.4, 0.5) is 0 Å². The van der Waals surface area contributed by atoms with Gasteiger partial charge in [-0.2, -0.15) is 5.10 Å². The van der Waals surface area contributed by atoms with E-state index in [4.69, 9.17) is 0 Å². The summed E-state index contributed by atoms with van der Waals surface area (Å²) in [7, 11) is 0. The van der Waals surface area contributed by atoms with Crippen molar-refractivity contribution in [1.29, 1.82) is 0 Å². The molecule has 0 aromatic heterocycles. The van der Waals surface area contributed by atoms with E-state index in [0.29, 0.717) is 11.1 Å². The molecule has 0 saturated heterocycles. The molecule has 0 amide bonds. The van der Waals surface area contributed by atoms with Crippen LogP contribution in [0, 0.1) is 0 Å². The van der Waals surface area contributed by atoms with E-state index >= 15 is 0 Å². The average Bonchev–Trinajstić information content (AvgIpc) is 2.85. The Balaban J connectivity index is 2.04. The van der Waals surface area contributed by atoms with Crippen LogP contribution >= 0.6 is 0 Å². The molecule has 0 spiro atoms. The zero-order valence-electron chi connectivity index (χ0n) is 9.04. The maximum Gasteiger partial charge on any atom is 0.212 e. The minimum absolute atomic E-state index is 0.0262. The molecule has 0 atom stereocenters. The van der Waals surface area contributed by atoms with Crippen molar-refractivity contribution in [3.05, 3.63) is 65.6 Å². The van der Waals surface area contributed by atoms with E-state index in [1.165, 1.54) is 6.21 Å². The highest BCUT2D eigenvalue weighted by atomic mass is 16.3. The van der Waals surface area contributed by atoms with E-state index in [2.05, 4.69) is 10.5 Å². The predicted molar refractivity (Wildman–Crippen MR) is 66.8 cm³/mol. The number of hydrogen-bond donors (Lipinski definition) is 3. The van der Waals surface area contributed by atoms with Gasteiger partial charge in [-0.1, -0.05) is 24.3 Å². The predicted octanol–water partition coefficient (Wildman–Crippen LogP) is 2.21. The number of hydrazone groups is 1. The smallest absolute Gasteiger partial charge is 0.212 e. The van der Waals surface area contributed by atoms with E-state index < -0.39 is 0 Å². The molecular weight excluding hydrogens is 216 g/mol. The molecule has 17 heavy (non-hydrogen) atoms. The maximum atomic E-state index is 9.59. The number of phenols is 1. The number of phenolic OH excluding ortho intramolecular Hbond substituents is 1. The van der Waals surface area contributed by atoms with E-state index in [1.54, 1.807) is 36.4 Å². The third-order valence-electron chi connectivity index (χ3n) is 2.25. The molecule has 0 radical (unpaired) electrons.